The van der Waals surface area contributed by atoms with E-state index in [1.165, 1.54) is 32.1 Å². The van der Waals surface area contributed by atoms with Gasteiger partial charge in [0.05, 0.1) is 0 Å². The van der Waals surface area contributed by atoms with Gasteiger partial charge in [0.2, 0.25) is 0 Å². The van der Waals surface area contributed by atoms with Crippen LogP contribution in [-0.4, -0.2) is 19.1 Å². The van der Waals surface area contributed by atoms with Gasteiger partial charge < -0.3 is 11.1 Å². The second kappa shape index (κ2) is 7.02. The Bertz CT molecular complexity index is 199. The molecule has 2 heteroatoms. The van der Waals surface area contributed by atoms with Crippen molar-refractivity contribution in [2.45, 2.75) is 52.0 Å². The average Bonchev–Trinajstić information content (AvgIpc) is 2.76. The third kappa shape index (κ3) is 4.35. The highest BCUT2D eigenvalue weighted by Crippen LogP contribution is 2.20. The lowest BCUT2D eigenvalue weighted by molar-refractivity contribution is 0.374. The molecule has 0 radical (unpaired) electrons. The van der Waals surface area contributed by atoms with E-state index in [9.17, 15) is 0 Å². The lowest BCUT2D eigenvalue weighted by Gasteiger charge is -2.22. The van der Waals surface area contributed by atoms with E-state index < -0.39 is 0 Å². The zero-order chi connectivity index (χ0) is 11.1. The highest BCUT2D eigenvalue weighted by atomic mass is 14.9. The molecule has 1 rings (SSSR count). The summed E-state index contributed by atoms with van der Waals surface area (Å²) >= 11 is 0. The number of hydrogen-bond donors (Lipinski definition) is 2. The average molecular weight is 210 g/mol. The molecule has 15 heavy (non-hydrogen) atoms. The minimum absolute atomic E-state index is 0.497. The summed E-state index contributed by atoms with van der Waals surface area (Å²) in [4.78, 5) is 0. The third-order valence-corrected chi connectivity index (χ3v) is 3.57. The second-order valence-electron chi connectivity index (χ2n) is 4.69. The standard InChI is InChI=1S/C13H26N2/c1-3-11(2)13(10-14)15-9-8-12-6-4-5-7-12/h6,11,13,15H,3-5,7-10,14H2,1-2H3. The van der Waals surface area contributed by atoms with Crippen molar-refractivity contribution in [1.29, 1.82) is 0 Å². The van der Waals surface area contributed by atoms with Gasteiger partial charge in [-0.05, 0) is 38.1 Å². The second-order valence-corrected chi connectivity index (χ2v) is 4.69. The summed E-state index contributed by atoms with van der Waals surface area (Å²) in [7, 11) is 0. The monoisotopic (exact) mass is 210 g/mol. The van der Waals surface area contributed by atoms with E-state index in [2.05, 4.69) is 25.2 Å². The smallest absolute Gasteiger partial charge is 0.0215 e. The normalized spacial score (nSPS) is 20.1. The van der Waals surface area contributed by atoms with Crippen molar-refractivity contribution in [1.82, 2.24) is 5.32 Å². The molecule has 2 atom stereocenters. The van der Waals surface area contributed by atoms with E-state index in [0.29, 0.717) is 12.0 Å². The Hall–Kier alpha value is -0.340. The van der Waals surface area contributed by atoms with Crippen LogP contribution < -0.4 is 11.1 Å². The van der Waals surface area contributed by atoms with Crippen LogP contribution in [0.5, 0.6) is 0 Å². The Labute approximate surface area is 94.3 Å². The first-order valence-corrected chi connectivity index (χ1v) is 6.39. The van der Waals surface area contributed by atoms with Crippen LogP contribution in [-0.2, 0) is 0 Å². The topological polar surface area (TPSA) is 38.0 Å². The molecular formula is C13H26N2. The van der Waals surface area contributed by atoms with Crippen LogP contribution in [0.15, 0.2) is 11.6 Å². The summed E-state index contributed by atoms with van der Waals surface area (Å²) in [6, 6.07) is 0.497. The van der Waals surface area contributed by atoms with Gasteiger partial charge in [-0.15, -0.1) is 0 Å². The molecule has 1 aliphatic carbocycles. The molecule has 2 unspecified atom stereocenters. The molecule has 0 heterocycles. The van der Waals surface area contributed by atoms with E-state index >= 15 is 0 Å². The van der Waals surface area contributed by atoms with Gasteiger partial charge >= 0.3 is 0 Å². The SMILES string of the molecule is CCC(C)C(CN)NCCC1=CCCC1. The van der Waals surface area contributed by atoms with E-state index in [-0.39, 0.29) is 0 Å². The fourth-order valence-corrected chi connectivity index (χ4v) is 2.18. The Morgan fingerprint density at radius 2 is 2.33 bits per heavy atom. The molecule has 0 amide bonds. The van der Waals surface area contributed by atoms with E-state index in [0.717, 1.165) is 13.1 Å². The molecule has 0 aromatic rings. The molecule has 0 saturated carbocycles. The largest absolute Gasteiger partial charge is 0.329 e. The summed E-state index contributed by atoms with van der Waals surface area (Å²) in [6.45, 7) is 6.36. The molecule has 0 aromatic carbocycles. The van der Waals surface area contributed by atoms with Gasteiger partial charge in [0.1, 0.15) is 0 Å². The highest BCUT2D eigenvalue weighted by Gasteiger charge is 2.13. The molecule has 0 bridgehead atoms. The van der Waals surface area contributed by atoms with Gasteiger partial charge in [-0.3, -0.25) is 0 Å². The maximum atomic E-state index is 5.77. The molecule has 0 saturated heterocycles. The molecule has 2 nitrogen and oxygen atoms in total. The van der Waals surface area contributed by atoms with Crippen molar-refractivity contribution in [3.05, 3.63) is 11.6 Å². The lowest BCUT2D eigenvalue weighted by atomic mass is 9.99. The first kappa shape index (κ1) is 12.7. The first-order valence-electron chi connectivity index (χ1n) is 6.39. The quantitative estimate of drug-likeness (QED) is 0.633. The van der Waals surface area contributed by atoms with Crippen molar-refractivity contribution < 1.29 is 0 Å². The lowest BCUT2D eigenvalue weighted by Crippen LogP contribution is -2.41. The summed E-state index contributed by atoms with van der Waals surface area (Å²) < 4.78 is 0. The predicted molar refractivity (Wildman–Crippen MR) is 66.9 cm³/mol. The zero-order valence-corrected chi connectivity index (χ0v) is 10.3. The van der Waals surface area contributed by atoms with E-state index in [1.54, 1.807) is 5.57 Å². The fraction of sp³-hybridized carbons (Fsp3) is 0.846. The van der Waals surface area contributed by atoms with Crippen LogP contribution in [0.25, 0.3) is 0 Å². The Kier molecular flexibility index (Phi) is 5.96. The van der Waals surface area contributed by atoms with E-state index in [1.807, 2.05) is 0 Å². The minimum atomic E-state index is 0.497. The van der Waals surface area contributed by atoms with Gasteiger partial charge in [-0.1, -0.05) is 31.9 Å². The Balaban J connectivity index is 2.16. The van der Waals surface area contributed by atoms with Crippen molar-refractivity contribution in [3.63, 3.8) is 0 Å². The van der Waals surface area contributed by atoms with Gasteiger partial charge in [0, 0.05) is 12.6 Å². The number of nitrogens with one attached hydrogen (secondary N) is 1. The van der Waals surface area contributed by atoms with Crippen LogP contribution >= 0.6 is 0 Å². The summed E-state index contributed by atoms with van der Waals surface area (Å²) in [5.41, 5.74) is 7.41. The third-order valence-electron chi connectivity index (χ3n) is 3.57. The Morgan fingerprint density at radius 3 is 2.87 bits per heavy atom. The van der Waals surface area contributed by atoms with Crippen molar-refractivity contribution >= 4 is 0 Å². The molecule has 0 spiro atoms. The maximum Gasteiger partial charge on any atom is 0.0215 e. The summed E-state index contributed by atoms with van der Waals surface area (Å²) in [5, 5.41) is 3.58. The number of hydrogen-bond acceptors (Lipinski definition) is 2. The number of nitrogens with two attached hydrogens (primary N) is 1. The van der Waals surface area contributed by atoms with Crippen molar-refractivity contribution in [3.8, 4) is 0 Å². The molecule has 0 fully saturated rings. The van der Waals surface area contributed by atoms with E-state index in [4.69, 9.17) is 5.73 Å². The molecule has 0 aromatic heterocycles. The van der Waals surface area contributed by atoms with Crippen LogP contribution in [0.1, 0.15) is 46.0 Å². The molecule has 0 aliphatic heterocycles. The summed E-state index contributed by atoms with van der Waals surface area (Å²) in [6.07, 6.45) is 8.80. The van der Waals surface area contributed by atoms with Crippen LogP contribution in [0.3, 0.4) is 0 Å². The number of allylic oxidation sites excluding steroid dienone is 1. The highest BCUT2D eigenvalue weighted by molar-refractivity contribution is 5.07. The molecule has 3 N–H and O–H groups in total. The Morgan fingerprint density at radius 1 is 1.53 bits per heavy atom. The number of rotatable bonds is 7. The van der Waals surface area contributed by atoms with Crippen LogP contribution in [0.2, 0.25) is 0 Å². The van der Waals surface area contributed by atoms with Crippen molar-refractivity contribution in [2.75, 3.05) is 13.1 Å². The molecule has 88 valence electrons. The van der Waals surface area contributed by atoms with Crippen LogP contribution in [0, 0.1) is 5.92 Å². The van der Waals surface area contributed by atoms with Crippen molar-refractivity contribution in [2.24, 2.45) is 11.7 Å². The molecule has 1 aliphatic rings. The fourth-order valence-electron chi connectivity index (χ4n) is 2.18. The summed E-state index contributed by atoms with van der Waals surface area (Å²) in [5.74, 6) is 0.688. The zero-order valence-electron chi connectivity index (χ0n) is 10.3. The van der Waals surface area contributed by atoms with Gasteiger partial charge in [-0.25, -0.2) is 0 Å². The van der Waals surface area contributed by atoms with Gasteiger partial charge in [-0.2, -0.15) is 0 Å². The van der Waals surface area contributed by atoms with Gasteiger partial charge in [0.25, 0.3) is 0 Å². The predicted octanol–water partition coefficient (Wildman–Crippen LogP) is 2.45. The molecular weight excluding hydrogens is 184 g/mol. The van der Waals surface area contributed by atoms with Gasteiger partial charge in [0.15, 0.2) is 0 Å². The maximum absolute atomic E-state index is 5.77. The first-order chi connectivity index (χ1) is 7.27. The minimum Gasteiger partial charge on any atom is -0.329 e. The van der Waals surface area contributed by atoms with Crippen LogP contribution in [0.4, 0.5) is 0 Å².